The summed E-state index contributed by atoms with van der Waals surface area (Å²) in [7, 11) is 0. The van der Waals surface area contributed by atoms with Crippen LogP contribution in [0.3, 0.4) is 0 Å². The standard InChI is InChI=1S/C12H10Br2N2O4/c1-2-20-7-4-5(8(13)9(14)10(7)17)3-6-11(18)16-12(19)15-6/h3-4,17H,2H2,1H3,(H2,15,16,18,19)/b6-3+. The van der Waals surface area contributed by atoms with Gasteiger partial charge >= 0.3 is 6.03 Å². The molecule has 0 radical (unpaired) electrons. The first-order valence-electron chi connectivity index (χ1n) is 5.61. The summed E-state index contributed by atoms with van der Waals surface area (Å²) >= 11 is 6.54. The number of urea groups is 1. The van der Waals surface area contributed by atoms with Crippen LogP contribution in [0.5, 0.6) is 11.5 Å². The van der Waals surface area contributed by atoms with Crippen molar-refractivity contribution >= 4 is 49.9 Å². The molecule has 0 spiro atoms. The first kappa shape index (κ1) is 14.9. The van der Waals surface area contributed by atoms with Gasteiger partial charge in [0.05, 0.1) is 11.1 Å². The number of hydrogen-bond acceptors (Lipinski definition) is 4. The number of carbonyl (C=O) groups is 2. The van der Waals surface area contributed by atoms with Gasteiger partial charge in [-0.3, -0.25) is 10.1 Å². The maximum atomic E-state index is 11.5. The van der Waals surface area contributed by atoms with E-state index in [4.69, 9.17) is 4.74 Å². The van der Waals surface area contributed by atoms with Crippen LogP contribution < -0.4 is 15.4 Å². The van der Waals surface area contributed by atoms with E-state index < -0.39 is 11.9 Å². The molecule has 8 heteroatoms. The third kappa shape index (κ3) is 2.80. The Balaban J connectivity index is 2.49. The first-order chi connectivity index (χ1) is 9.43. The highest BCUT2D eigenvalue weighted by atomic mass is 79.9. The van der Waals surface area contributed by atoms with Crippen molar-refractivity contribution in [3.05, 3.63) is 26.3 Å². The number of rotatable bonds is 3. The second kappa shape index (κ2) is 5.84. The van der Waals surface area contributed by atoms with Gasteiger partial charge in [-0.15, -0.1) is 0 Å². The van der Waals surface area contributed by atoms with Crippen molar-refractivity contribution < 1.29 is 19.4 Å². The van der Waals surface area contributed by atoms with Gasteiger partial charge < -0.3 is 15.2 Å². The molecule has 1 fully saturated rings. The van der Waals surface area contributed by atoms with Gasteiger partial charge in [0, 0.05) is 4.47 Å². The van der Waals surface area contributed by atoms with Crippen molar-refractivity contribution in [3.8, 4) is 11.5 Å². The Morgan fingerprint density at radius 3 is 2.55 bits per heavy atom. The Morgan fingerprint density at radius 1 is 1.30 bits per heavy atom. The molecule has 3 amide bonds. The summed E-state index contributed by atoms with van der Waals surface area (Å²) in [6.45, 7) is 2.17. The number of hydrogen-bond donors (Lipinski definition) is 3. The molecule has 0 aliphatic carbocycles. The monoisotopic (exact) mass is 404 g/mol. The van der Waals surface area contributed by atoms with E-state index in [9.17, 15) is 14.7 Å². The summed E-state index contributed by atoms with van der Waals surface area (Å²) in [6.07, 6.45) is 1.48. The van der Waals surface area contributed by atoms with Crippen LogP contribution >= 0.6 is 31.9 Å². The molecular weight excluding hydrogens is 396 g/mol. The van der Waals surface area contributed by atoms with E-state index in [0.717, 1.165) is 0 Å². The van der Waals surface area contributed by atoms with Gasteiger partial charge in [0.2, 0.25) is 0 Å². The van der Waals surface area contributed by atoms with Crippen LogP contribution in [0.2, 0.25) is 0 Å². The number of imide groups is 1. The second-order valence-corrected chi connectivity index (χ2v) is 5.43. The molecule has 0 aromatic heterocycles. The van der Waals surface area contributed by atoms with E-state index in [-0.39, 0.29) is 17.2 Å². The van der Waals surface area contributed by atoms with Crippen LogP contribution in [0.25, 0.3) is 6.08 Å². The molecule has 1 aliphatic rings. The number of phenolic OH excluding ortho intramolecular Hbond substituents is 1. The Morgan fingerprint density at radius 2 is 2.00 bits per heavy atom. The molecule has 0 atom stereocenters. The third-order valence-electron chi connectivity index (χ3n) is 2.49. The molecule has 1 aromatic rings. The quantitative estimate of drug-likeness (QED) is 0.532. The minimum absolute atomic E-state index is 0.0409. The fraction of sp³-hybridized carbons (Fsp3) is 0.167. The summed E-state index contributed by atoms with van der Waals surface area (Å²) in [5, 5.41) is 14.4. The lowest BCUT2D eigenvalue weighted by molar-refractivity contribution is -0.115. The molecular formula is C12H10Br2N2O4. The van der Waals surface area contributed by atoms with E-state index in [1.807, 2.05) is 0 Å². The van der Waals surface area contributed by atoms with Crippen LogP contribution in [0.4, 0.5) is 4.79 Å². The molecule has 0 saturated carbocycles. The molecule has 0 unspecified atom stereocenters. The number of carbonyl (C=O) groups excluding carboxylic acids is 2. The van der Waals surface area contributed by atoms with Gasteiger partial charge in [-0.05, 0) is 56.5 Å². The molecule has 0 bridgehead atoms. The highest BCUT2D eigenvalue weighted by Crippen LogP contribution is 2.42. The number of aromatic hydroxyl groups is 1. The highest BCUT2D eigenvalue weighted by Gasteiger charge is 2.24. The summed E-state index contributed by atoms with van der Waals surface area (Å²) in [4.78, 5) is 22.6. The number of phenols is 1. The molecule has 6 nitrogen and oxygen atoms in total. The number of amides is 3. The minimum Gasteiger partial charge on any atom is -0.503 e. The molecule has 1 saturated heterocycles. The fourth-order valence-electron chi connectivity index (χ4n) is 1.62. The summed E-state index contributed by atoms with van der Waals surface area (Å²) in [6, 6.07) is 0.999. The third-order valence-corrected chi connectivity index (χ3v) is 4.65. The molecule has 3 N–H and O–H groups in total. The maximum Gasteiger partial charge on any atom is 0.326 e. The molecule has 1 heterocycles. The van der Waals surface area contributed by atoms with Crippen molar-refractivity contribution in [2.24, 2.45) is 0 Å². The van der Waals surface area contributed by atoms with Crippen LogP contribution in [0.1, 0.15) is 12.5 Å². The first-order valence-corrected chi connectivity index (χ1v) is 7.20. The van der Waals surface area contributed by atoms with E-state index >= 15 is 0 Å². The Hall–Kier alpha value is -1.54. The molecule has 2 rings (SSSR count). The predicted molar refractivity (Wildman–Crippen MR) is 79.3 cm³/mol. The van der Waals surface area contributed by atoms with Crippen LogP contribution in [-0.4, -0.2) is 23.7 Å². The normalized spacial score (nSPS) is 16.2. The predicted octanol–water partition coefficient (Wildman–Crippen LogP) is 2.50. The van der Waals surface area contributed by atoms with Crippen LogP contribution in [-0.2, 0) is 4.79 Å². The Labute approximate surface area is 131 Å². The number of nitrogens with one attached hydrogen (secondary N) is 2. The van der Waals surface area contributed by atoms with Crippen molar-refractivity contribution in [2.45, 2.75) is 6.92 Å². The van der Waals surface area contributed by atoms with Crippen molar-refractivity contribution in [1.29, 1.82) is 0 Å². The smallest absolute Gasteiger partial charge is 0.326 e. The van der Waals surface area contributed by atoms with Gasteiger partial charge in [0.15, 0.2) is 11.5 Å². The number of ether oxygens (including phenoxy) is 1. The average Bonchev–Trinajstić information content (AvgIpc) is 2.71. The Bertz CT molecular complexity index is 628. The lowest BCUT2D eigenvalue weighted by atomic mass is 10.1. The minimum atomic E-state index is -0.569. The van der Waals surface area contributed by atoms with Gasteiger partial charge in [0.25, 0.3) is 5.91 Å². The lowest BCUT2D eigenvalue weighted by Crippen LogP contribution is -2.22. The maximum absolute atomic E-state index is 11.5. The molecule has 1 aromatic carbocycles. The molecule has 106 valence electrons. The largest absolute Gasteiger partial charge is 0.503 e. The van der Waals surface area contributed by atoms with Crippen LogP contribution in [0.15, 0.2) is 20.7 Å². The SMILES string of the molecule is CCOc1cc(/C=C2/NC(=O)NC2=O)c(Br)c(Br)c1O. The van der Waals surface area contributed by atoms with Crippen molar-refractivity contribution in [1.82, 2.24) is 10.6 Å². The summed E-state index contributed by atoms with van der Waals surface area (Å²) < 4.78 is 6.25. The van der Waals surface area contributed by atoms with E-state index in [0.29, 0.717) is 21.1 Å². The average molecular weight is 406 g/mol. The van der Waals surface area contributed by atoms with E-state index in [1.54, 1.807) is 13.0 Å². The topological polar surface area (TPSA) is 87.7 Å². The van der Waals surface area contributed by atoms with Crippen molar-refractivity contribution in [3.63, 3.8) is 0 Å². The zero-order chi connectivity index (χ0) is 14.9. The van der Waals surface area contributed by atoms with Gasteiger partial charge in [-0.2, -0.15) is 0 Å². The molecule has 20 heavy (non-hydrogen) atoms. The second-order valence-electron chi connectivity index (χ2n) is 3.84. The zero-order valence-electron chi connectivity index (χ0n) is 10.3. The summed E-state index contributed by atoms with van der Waals surface area (Å²) in [5.74, 6) is -0.274. The molecule has 1 aliphatic heterocycles. The number of benzene rings is 1. The fourth-order valence-corrected chi connectivity index (χ4v) is 2.46. The van der Waals surface area contributed by atoms with E-state index in [1.165, 1.54) is 6.08 Å². The van der Waals surface area contributed by atoms with E-state index in [2.05, 4.69) is 42.5 Å². The van der Waals surface area contributed by atoms with Gasteiger partial charge in [0.1, 0.15) is 5.70 Å². The van der Waals surface area contributed by atoms with Crippen molar-refractivity contribution in [2.75, 3.05) is 6.61 Å². The highest BCUT2D eigenvalue weighted by molar-refractivity contribution is 9.13. The summed E-state index contributed by atoms with van der Waals surface area (Å²) in [5.41, 5.74) is 0.696. The van der Waals surface area contributed by atoms with Crippen LogP contribution in [0, 0.1) is 0 Å². The van der Waals surface area contributed by atoms with Gasteiger partial charge in [-0.1, -0.05) is 0 Å². The Kier molecular flexibility index (Phi) is 4.34. The zero-order valence-corrected chi connectivity index (χ0v) is 13.5. The number of halogens is 2. The van der Waals surface area contributed by atoms with Gasteiger partial charge in [-0.25, -0.2) is 4.79 Å². The lowest BCUT2D eigenvalue weighted by Gasteiger charge is -2.11.